The highest BCUT2D eigenvalue weighted by Crippen LogP contribution is 2.20. The van der Waals surface area contributed by atoms with Crippen LogP contribution in [0.2, 0.25) is 0 Å². The van der Waals surface area contributed by atoms with Crippen LogP contribution >= 0.6 is 0 Å². The monoisotopic (exact) mass is 541 g/mol. The zero-order valence-electron chi connectivity index (χ0n) is 26.3. The molecule has 228 valence electrons. The molecule has 0 aliphatic heterocycles. The van der Waals surface area contributed by atoms with Crippen LogP contribution in [0.4, 0.5) is 0 Å². The van der Waals surface area contributed by atoms with Crippen molar-refractivity contribution in [3.63, 3.8) is 0 Å². The molecule has 0 bridgehead atoms. The van der Waals surface area contributed by atoms with Crippen molar-refractivity contribution in [3.8, 4) is 0 Å². The lowest BCUT2D eigenvalue weighted by atomic mass is 9.94. The van der Waals surface area contributed by atoms with Crippen LogP contribution < -0.4 is 0 Å². The molecular weight excluding hydrogens is 472 g/mol. The molecule has 2 atom stereocenters. The largest absolute Gasteiger partial charge is 0.481 e. The van der Waals surface area contributed by atoms with Gasteiger partial charge in [-0.3, -0.25) is 9.59 Å². The maximum Gasteiger partial charge on any atom is 0.306 e. The third kappa shape index (κ3) is 29.5. The molecule has 0 spiro atoms. The second-order valence-electron chi connectivity index (χ2n) is 11.6. The molecule has 0 aromatic carbocycles. The Morgan fingerprint density at radius 3 is 0.763 bits per heavy atom. The van der Waals surface area contributed by atoms with Gasteiger partial charge < -0.3 is 10.2 Å². The van der Waals surface area contributed by atoms with E-state index in [-0.39, 0.29) is 11.8 Å². The van der Waals surface area contributed by atoms with E-state index in [1.807, 2.05) is 0 Å². The molecule has 2 N–H and O–H groups in total. The molecular formula is C34H68O4. The highest BCUT2D eigenvalue weighted by molar-refractivity contribution is 5.70. The summed E-state index contributed by atoms with van der Waals surface area (Å²) in [6.45, 7) is 8.85. The molecule has 2 unspecified atom stereocenters. The van der Waals surface area contributed by atoms with Gasteiger partial charge in [-0.15, -0.1) is 0 Å². The van der Waals surface area contributed by atoms with Crippen molar-refractivity contribution in [1.82, 2.24) is 0 Å². The first-order valence-corrected chi connectivity index (χ1v) is 16.9. The van der Waals surface area contributed by atoms with Gasteiger partial charge in [0.1, 0.15) is 0 Å². The minimum atomic E-state index is -0.583. The minimum absolute atomic E-state index is 0.0898. The highest BCUT2D eigenvalue weighted by atomic mass is 16.4. The molecule has 0 aliphatic carbocycles. The molecule has 38 heavy (non-hydrogen) atoms. The van der Waals surface area contributed by atoms with Crippen LogP contribution in [0.5, 0.6) is 0 Å². The Bertz CT molecular complexity index is 491. The van der Waals surface area contributed by atoms with Crippen LogP contribution in [0.3, 0.4) is 0 Å². The average molecular weight is 541 g/mol. The van der Waals surface area contributed by atoms with E-state index < -0.39 is 11.9 Å². The SMILES string of the molecule is CCCCCCCCC(CCCCCC)C(=O)O.CCCCCCCCCC(CCCCCCC)C(=O)O. The molecule has 0 fully saturated rings. The first kappa shape index (κ1) is 39.1. The quantitative estimate of drug-likeness (QED) is 0.0967. The first-order chi connectivity index (χ1) is 18.4. The lowest BCUT2D eigenvalue weighted by molar-refractivity contribution is -0.143. The topological polar surface area (TPSA) is 74.6 Å². The number of carbonyl (C=O) groups is 2. The molecule has 0 saturated heterocycles. The molecule has 0 radical (unpaired) electrons. The van der Waals surface area contributed by atoms with E-state index in [0.717, 1.165) is 51.4 Å². The van der Waals surface area contributed by atoms with Gasteiger partial charge in [-0.1, -0.05) is 169 Å². The van der Waals surface area contributed by atoms with Crippen LogP contribution in [0.15, 0.2) is 0 Å². The Hall–Kier alpha value is -1.06. The summed E-state index contributed by atoms with van der Waals surface area (Å²) in [5, 5.41) is 18.4. The van der Waals surface area contributed by atoms with Crippen LogP contribution in [0, 0.1) is 11.8 Å². The molecule has 0 saturated carbocycles. The van der Waals surface area contributed by atoms with Gasteiger partial charge in [0.15, 0.2) is 0 Å². The van der Waals surface area contributed by atoms with Crippen molar-refractivity contribution in [3.05, 3.63) is 0 Å². The van der Waals surface area contributed by atoms with Crippen molar-refractivity contribution in [2.45, 2.75) is 195 Å². The first-order valence-electron chi connectivity index (χ1n) is 16.9. The predicted octanol–water partition coefficient (Wildman–Crippen LogP) is 11.6. The molecule has 0 aromatic rings. The molecule has 0 aliphatic rings. The third-order valence-electron chi connectivity index (χ3n) is 7.82. The number of rotatable bonds is 28. The summed E-state index contributed by atoms with van der Waals surface area (Å²) < 4.78 is 0. The number of carboxylic acids is 2. The van der Waals surface area contributed by atoms with Gasteiger partial charge in [-0.2, -0.15) is 0 Å². The van der Waals surface area contributed by atoms with Gasteiger partial charge in [0.2, 0.25) is 0 Å². The van der Waals surface area contributed by atoms with Crippen molar-refractivity contribution in [1.29, 1.82) is 0 Å². The fourth-order valence-electron chi connectivity index (χ4n) is 5.11. The van der Waals surface area contributed by atoms with E-state index in [9.17, 15) is 19.8 Å². The van der Waals surface area contributed by atoms with E-state index in [2.05, 4.69) is 27.7 Å². The van der Waals surface area contributed by atoms with Crippen molar-refractivity contribution < 1.29 is 19.8 Å². The Labute approximate surface area is 238 Å². The van der Waals surface area contributed by atoms with Gasteiger partial charge in [0, 0.05) is 0 Å². The maximum absolute atomic E-state index is 11.2. The lowest BCUT2D eigenvalue weighted by Gasteiger charge is -2.12. The zero-order chi connectivity index (χ0) is 28.7. The van der Waals surface area contributed by atoms with Gasteiger partial charge in [-0.25, -0.2) is 0 Å². The van der Waals surface area contributed by atoms with E-state index in [0.29, 0.717) is 0 Å². The van der Waals surface area contributed by atoms with Crippen LogP contribution in [-0.2, 0) is 9.59 Å². The van der Waals surface area contributed by atoms with Crippen molar-refractivity contribution in [2.24, 2.45) is 11.8 Å². The summed E-state index contributed by atoms with van der Waals surface area (Å²) in [5.74, 6) is -1.34. The van der Waals surface area contributed by atoms with E-state index in [1.54, 1.807) is 0 Å². The van der Waals surface area contributed by atoms with Gasteiger partial charge in [-0.05, 0) is 25.7 Å². The zero-order valence-corrected chi connectivity index (χ0v) is 26.3. The smallest absolute Gasteiger partial charge is 0.306 e. The van der Waals surface area contributed by atoms with Crippen LogP contribution in [-0.4, -0.2) is 22.2 Å². The summed E-state index contributed by atoms with van der Waals surface area (Å²) in [5.41, 5.74) is 0. The Morgan fingerprint density at radius 1 is 0.368 bits per heavy atom. The summed E-state index contributed by atoms with van der Waals surface area (Å²) in [6.07, 6.45) is 30.7. The van der Waals surface area contributed by atoms with Gasteiger partial charge in [0.25, 0.3) is 0 Å². The lowest BCUT2D eigenvalue weighted by Crippen LogP contribution is -2.13. The summed E-state index contributed by atoms with van der Waals surface area (Å²) in [6, 6.07) is 0. The molecule has 4 nitrogen and oxygen atoms in total. The standard InChI is InChI=1S/C18H36O2.C16H32O2/c1-3-5-7-9-10-12-14-16-17(18(19)20)15-13-11-8-6-4-2;1-3-5-7-9-10-12-14-15(16(17)18)13-11-8-6-4-2/h17H,3-16H2,1-2H3,(H,19,20);15H,3-14H2,1-2H3,(H,17,18). The fraction of sp³-hybridized carbons (Fsp3) is 0.941. The predicted molar refractivity (Wildman–Crippen MR) is 165 cm³/mol. The molecule has 0 heterocycles. The number of hydrogen-bond donors (Lipinski definition) is 2. The Morgan fingerprint density at radius 2 is 0.553 bits per heavy atom. The van der Waals surface area contributed by atoms with E-state index >= 15 is 0 Å². The number of hydrogen-bond acceptors (Lipinski definition) is 2. The van der Waals surface area contributed by atoms with Crippen LogP contribution in [0.25, 0.3) is 0 Å². The number of aliphatic carboxylic acids is 2. The van der Waals surface area contributed by atoms with Crippen LogP contribution in [0.1, 0.15) is 195 Å². The summed E-state index contributed by atoms with van der Waals surface area (Å²) in [7, 11) is 0. The average Bonchev–Trinajstić information content (AvgIpc) is 2.90. The summed E-state index contributed by atoms with van der Waals surface area (Å²) in [4.78, 5) is 22.4. The normalized spacial score (nSPS) is 12.5. The van der Waals surface area contributed by atoms with Crippen molar-refractivity contribution in [2.75, 3.05) is 0 Å². The highest BCUT2D eigenvalue weighted by Gasteiger charge is 2.17. The molecule has 0 rings (SSSR count). The van der Waals surface area contributed by atoms with E-state index in [4.69, 9.17) is 0 Å². The number of carboxylic acid groups (broad SMARTS) is 2. The molecule has 0 aromatic heterocycles. The van der Waals surface area contributed by atoms with E-state index in [1.165, 1.54) is 116 Å². The summed E-state index contributed by atoms with van der Waals surface area (Å²) >= 11 is 0. The number of unbranched alkanes of at least 4 members (excludes halogenated alkanes) is 18. The fourth-order valence-corrected chi connectivity index (χ4v) is 5.11. The van der Waals surface area contributed by atoms with Crippen molar-refractivity contribution >= 4 is 11.9 Å². The second kappa shape index (κ2) is 32.2. The minimum Gasteiger partial charge on any atom is -0.481 e. The Kier molecular flexibility index (Phi) is 33.1. The molecule has 0 amide bonds. The molecule has 4 heteroatoms. The maximum atomic E-state index is 11.2. The second-order valence-corrected chi connectivity index (χ2v) is 11.6. The van der Waals surface area contributed by atoms with Gasteiger partial charge >= 0.3 is 11.9 Å². The Balaban J connectivity index is 0. The van der Waals surface area contributed by atoms with Gasteiger partial charge in [0.05, 0.1) is 11.8 Å². The third-order valence-corrected chi connectivity index (χ3v) is 7.82.